The summed E-state index contributed by atoms with van der Waals surface area (Å²) in [6.07, 6.45) is 10.1. The number of hydrogen-bond acceptors (Lipinski definition) is 8. The van der Waals surface area contributed by atoms with Gasteiger partial charge in [-0.2, -0.15) is 0 Å². The first-order valence-electron chi connectivity index (χ1n) is 12.1. The molecular formula is C23H30N10O5. The molecule has 202 valence electrons. The van der Waals surface area contributed by atoms with Crippen LogP contribution in [0.2, 0.25) is 0 Å². The minimum atomic E-state index is -1.10. The van der Waals surface area contributed by atoms with Gasteiger partial charge in [-0.3, -0.25) is 14.4 Å². The minimum absolute atomic E-state index is 0.0530. The number of imidazole rings is 3. The van der Waals surface area contributed by atoms with Gasteiger partial charge in [0.05, 0.1) is 25.0 Å². The number of aromatic amines is 3. The van der Waals surface area contributed by atoms with E-state index in [9.17, 15) is 24.3 Å². The van der Waals surface area contributed by atoms with Crippen LogP contribution in [0.4, 0.5) is 0 Å². The number of nitrogens with zero attached hydrogens (tertiary/aromatic N) is 4. The van der Waals surface area contributed by atoms with Crippen LogP contribution < -0.4 is 16.4 Å². The second-order valence-electron chi connectivity index (χ2n) is 9.10. The fourth-order valence-electron chi connectivity index (χ4n) is 4.41. The first kappa shape index (κ1) is 26.5. The summed E-state index contributed by atoms with van der Waals surface area (Å²) in [4.78, 5) is 73.3. The number of rotatable bonds is 12. The second-order valence-corrected chi connectivity index (χ2v) is 9.10. The molecule has 0 spiro atoms. The van der Waals surface area contributed by atoms with E-state index in [1.54, 1.807) is 6.20 Å². The largest absolute Gasteiger partial charge is 0.480 e. The van der Waals surface area contributed by atoms with Crippen molar-refractivity contribution in [3.05, 3.63) is 54.7 Å². The SMILES string of the molecule is N[C@@H](Cc1cnc[nH]1)C(=O)N[C@@H](Cc1cnc[nH]1)C(=O)N[C@@H](Cc1cnc[nH]1)C(=O)N1CCC[C@H]1C(=O)O. The van der Waals surface area contributed by atoms with Crippen molar-refractivity contribution in [2.75, 3.05) is 6.54 Å². The summed E-state index contributed by atoms with van der Waals surface area (Å²) in [5.74, 6) is -2.83. The number of carboxylic acids is 1. The summed E-state index contributed by atoms with van der Waals surface area (Å²) in [6, 6.07) is -4.12. The minimum Gasteiger partial charge on any atom is -0.480 e. The number of aromatic nitrogens is 6. The Balaban J connectivity index is 1.51. The molecule has 3 aromatic rings. The summed E-state index contributed by atoms with van der Waals surface area (Å²) in [6.45, 7) is 0.266. The van der Waals surface area contributed by atoms with E-state index in [4.69, 9.17) is 5.73 Å². The quantitative estimate of drug-likeness (QED) is 0.142. The van der Waals surface area contributed by atoms with Gasteiger partial charge in [-0.1, -0.05) is 0 Å². The first-order chi connectivity index (χ1) is 18.3. The zero-order valence-electron chi connectivity index (χ0n) is 20.5. The molecule has 1 aliphatic rings. The number of carboxylic acid groups (broad SMARTS) is 1. The van der Waals surface area contributed by atoms with Crippen molar-refractivity contribution in [3.63, 3.8) is 0 Å². The van der Waals surface area contributed by atoms with Crippen molar-refractivity contribution in [2.45, 2.75) is 56.3 Å². The van der Waals surface area contributed by atoms with Gasteiger partial charge >= 0.3 is 5.97 Å². The lowest BCUT2D eigenvalue weighted by molar-refractivity contribution is -0.149. The average Bonchev–Trinajstić information content (AvgIpc) is 3.70. The maximum atomic E-state index is 13.5. The van der Waals surface area contributed by atoms with Crippen LogP contribution in [-0.2, 0) is 38.4 Å². The molecule has 1 fully saturated rings. The molecule has 3 aromatic heterocycles. The van der Waals surface area contributed by atoms with Gasteiger partial charge in [0.25, 0.3) is 0 Å². The number of nitrogens with two attached hydrogens (primary N) is 1. The Bertz CT molecular complexity index is 1210. The Morgan fingerprint density at radius 1 is 0.895 bits per heavy atom. The van der Waals surface area contributed by atoms with Crippen molar-refractivity contribution in [3.8, 4) is 0 Å². The Morgan fingerprint density at radius 2 is 1.42 bits per heavy atom. The summed E-state index contributed by atoms with van der Waals surface area (Å²) in [5, 5.41) is 14.9. The van der Waals surface area contributed by atoms with Crippen LogP contribution in [0, 0.1) is 0 Å². The second kappa shape index (κ2) is 12.1. The number of nitrogens with one attached hydrogen (secondary N) is 5. The van der Waals surface area contributed by atoms with Gasteiger partial charge in [-0.25, -0.2) is 19.7 Å². The van der Waals surface area contributed by atoms with Gasteiger partial charge in [-0.15, -0.1) is 0 Å². The number of carbonyl (C=O) groups is 4. The molecule has 1 aliphatic heterocycles. The third-order valence-electron chi connectivity index (χ3n) is 6.36. The molecule has 8 N–H and O–H groups in total. The van der Waals surface area contributed by atoms with E-state index in [1.807, 2.05) is 0 Å². The highest BCUT2D eigenvalue weighted by molar-refractivity contribution is 5.94. The van der Waals surface area contributed by atoms with Gasteiger partial charge in [0.2, 0.25) is 17.7 Å². The molecule has 15 heteroatoms. The van der Waals surface area contributed by atoms with Crippen LogP contribution in [-0.4, -0.2) is 94.3 Å². The van der Waals surface area contributed by atoms with E-state index in [0.29, 0.717) is 29.9 Å². The van der Waals surface area contributed by atoms with E-state index < -0.39 is 47.9 Å². The summed E-state index contributed by atoms with van der Waals surface area (Å²) in [7, 11) is 0. The zero-order valence-corrected chi connectivity index (χ0v) is 20.5. The molecule has 1 saturated heterocycles. The highest BCUT2D eigenvalue weighted by Crippen LogP contribution is 2.19. The molecule has 3 amide bonds. The highest BCUT2D eigenvalue weighted by atomic mass is 16.4. The van der Waals surface area contributed by atoms with E-state index in [0.717, 1.165) is 0 Å². The number of hydrogen-bond donors (Lipinski definition) is 7. The first-order valence-corrected chi connectivity index (χ1v) is 12.1. The standard InChI is InChI=1S/C23H30N10O5/c24-16(4-13-7-25-10-28-13)20(34)31-17(5-14-8-26-11-29-14)21(35)32-18(6-15-9-27-12-30-15)22(36)33-3-1-2-19(33)23(37)38/h7-12,16-19H,1-6,24H2,(H,25,28)(H,26,29)(H,27,30)(H,31,34)(H,32,35)(H,37,38)/t16-,17-,18-,19-/m0/s1. The van der Waals surface area contributed by atoms with Crippen molar-refractivity contribution in [2.24, 2.45) is 5.73 Å². The fourth-order valence-corrected chi connectivity index (χ4v) is 4.41. The highest BCUT2D eigenvalue weighted by Gasteiger charge is 2.38. The third kappa shape index (κ3) is 6.61. The Kier molecular flexibility index (Phi) is 8.47. The van der Waals surface area contributed by atoms with Gasteiger partial charge in [0, 0.05) is 61.5 Å². The number of amides is 3. The average molecular weight is 527 g/mol. The molecule has 4 heterocycles. The van der Waals surface area contributed by atoms with Crippen molar-refractivity contribution < 1.29 is 24.3 Å². The lowest BCUT2D eigenvalue weighted by atomic mass is 10.1. The van der Waals surface area contributed by atoms with E-state index in [2.05, 4.69) is 40.5 Å². The molecule has 0 unspecified atom stereocenters. The van der Waals surface area contributed by atoms with E-state index in [-0.39, 0.29) is 25.8 Å². The predicted molar refractivity (Wildman–Crippen MR) is 131 cm³/mol. The van der Waals surface area contributed by atoms with Crippen LogP contribution in [0.1, 0.15) is 29.9 Å². The predicted octanol–water partition coefficient (Wildman–Crippen LogP) is -1.74. The maximum Gasteiger partial charge on any atom is 0.326 e. The normalized spacial score (nSPS) is 17.5. The van der Waals surface area contributed by atoms with Crippen LogP contribution in [0.15, 0.2) is 37.6 Å². The lowest BCUT2D eigenvalue weighted by Crippen LogP contribution is -2.58. The van der Waals surface area contributed by atoms with Crippen molar-refractivity contribution in [1.29, 1.82) is 0 Å². The maximum absolute atomic E-state index is 13.5. The van der Waals surface area contributed by atoms with Crippen LogP contribution in [0.3, 0.4) is 0 Å². The zero-order chi connectivity index (χ0) is 27.1. The third-order valence-corrected chi connectivity index (χ3v) is 6.36. The molecule has 0 radical (unpaired) electrons. The molecule has 0 bridgehead atoms. The lowest BCUT2D eigenvalue weighted by Gasteiger charge is -2.28. The van der Waals surface area contributed by atoms with E-state index >= 15 is 0 Å². The summed E-state index contributed by atoms with van der Waals surface area (Å²) in [5.41, 5.74) is 7.87. The molecule has 4 rings (SSSR count). The van der Waals surface area contributed by atoms with Gasteiger partial charge < -0.3 is 41.3 Å². The molecule has 38 heavy (non-hydrogen) atoms. The smallest absolute Gasteiger partial charge is 0.326 e. The Morgan fingerprint density at radius 3 is 1.95 bits per heavy atom. The number of H-pyrrole nitrogens is 3. The van der Waals surface area contributed by atoms with Gasteiger partial charge in [-0.05, 0) is 12.8 Å². The molecule has 15 nitrogen and oxygen atoms in total. The van der Waals surface area contributed by atoms with Crippen LogP contribution in [0.5, 0.6) is 0 Å². The molecule has 0 aromatic carbocycles. The van der Waals surface area contributed by atoms with Gasteiger partial charge in [0.15, 0.2) is 0 Å². The summed E-state index contributed by atoms with van der Waals surface area (Å²) < 4.78 is 0. The Hall–Kier alpha value is -4.53. The topological polar surface area (TPSA) is 228 Å². The van der Waals surface area contributed by atoms with Crippen LogP contribution in [0.25, 0.3) is 0 Å². The molecule has 0 aliphatic carbocycles. The van der Waals surface area contributed by atoms with Crippen molar-refractivity contribution in [1.82, 2.24) is 45.4 Å². The monoisotopic (exact) mass is 526 g/mol. The van der Waals surface area contributed by atoms with Crippen molar-refractivity contribution >= 4 is 23.7 Å². The number of aliphatic carboxylic acids is 1. The molecular weight excluding hydrogens is 496 g/mol. The summed E-state index contributed by atoms with van der Waals surface area (Å²) >= 11 is 0. The number of likely N-dealkylation sites (tertiary alicyclic amines) is 1. The van der Waals surface area contributed by atoms with Crippen LogP contribution >= 0.6 is 0 Å². The Labute approximate surface area is 217 Å². The van der Waals surface area contributed by atoms with E-state index in [1.165, 1.54) is 36.3 Å². The molecule has 4 atom stereocenters. The fraction of sp³-hybridized carbons (Fsp3) is 0.435. The number of carbonyl (C=O) groups excluding carboxylic acids is 3. The molecule has 0 saturated carbocycles. The van der Waals surface area contributed by atoms with Gasteiger partial charge in [0.1, 0.15) is 18.1 Å².